The van der Waals surface area contributed by atoms with Crippen LogP contribution in [0.1, 0.15) is 60.3 Å². The monoisotopic (exact) mass is 271 g/mol. The van der Waals surface area contributed by atoms with Gasteiger partial charge in [0.1, 0.15) is 0 Å². The van der Waals surface area contributed by atoms with E-state index in [-0.39, 0.29) is 0 Å². The van der Waals surface area contributed by atoms with Gasteiger partial charge in [-0.1, -0.05) is 34.6 Å². The van der Waals surface area contributed by atoms with Gasteiger partial charge in [0.25, 0.3) is 0 Å². The van der Waals surface area contributed by atoms with Crippen molar-refractivity contribution in [1.82, 2.24) is 0 Å². The molecule has 0 heterocycles. The molecule has 1 aliphatic carbocycles. The Hall–Kier alpha value is 0.310. The van der Waals surface area contributed by atoms with E-state index in [4.69, 9.17) is 5.73 Å². The molecule has 1 saturated carbocycles. The third kappa shape index (κ3) is 5.13. The molecule has 1 nitrogen and oxygen atoms in total. The summed E-state index contributed by atoms with van der Waals surface area (Å²) >= 11 is 2.20. The SMILES string of the molecule is CC(C)CCSC1CC(C(C)(C)C)CCC1CN. The highest BCUT2D eigenvalue weighted by Crippen LogP contribution is 2.43. The van der Waals surface area contributed by atoms with Crippen LogP contribution in [0.25, 0.3) is 0 Å². The van der Waals surface area contributed by atoms with Crippen molar-refractivity contribution in [3.8, 4) is 0 Å². The smallest absolute Gasteiger partial charge is 0.00901 e. The maximum absolute atomic E-state index is 5.97. The van der Waals surface area contributed by atoms with Crippen LogP contribution in [-0.2, 0) is 0 Å². The van der Waals surface area contributed by atoms with E-state index >= 15 is 0 Å². The summed E-state index contributed by atoms with van der Waals surface area (Å²) in [5.41, 5.74) is 6.44. The van der Waals surface area contributed by atoms with E-state index in [2.05, 4.69) is 46.4 Å². The van der Waals surface area contributed by atoms with E-state index in [0.717, 1.165) is 29.5 Å². The third-order valence-electron chi connectivity index (χ3n) is 4.48. The van der Waals surface area contributed by atoms with Gasteiger partial charge in [-0.25, -0.2) is 0 Å². The van der Waals surface area contributed by atoms with Crippen LogP contribution in [0.4, 0.5) is 0 Å². The molecule has 0 bridgehead atoms. The summed E-state index contributed by atoms with van der Waals surface area (Å²) in [6.07, 6.45) is 5.46. The fourth-order valence-corrected chi connectivity index (χ4v) is 4.71. The fourth-order valence-electron chi connectivity index (χ4n) is 2.91. The lowest BCUT2D eigenvalue weighted by molar-refractivity contribution is 0.157. The summed E-state index contributed by atoms with van der Waals surface area (Å²) < 4.78 is 0. The summed E-state index contributed by atoms with van der Waals surface area (Å²) in [5.74, 6) is 3.80. The molecule has 0 aromatic carbocycles. The van der Waals surface area contributed by atoms with Gasteiger partial charge in [0.2, 0.25) is 0 Å². The topological polar surface area (TPSA) is 26.0 Å². The normalized spacial score (nSPS) is 29.8. The molecule has 2 N–H and O–H groups in total. The standard InChI is InChI=1S/C16H33NS/c1-12(2)8-9-18-15-10-14(16(3,4)5)7-6-13(15)11-17/h12-15H,6-11,17H2,1-5H3. The van der Waals surface area contributed by atoms with Gasteiger partial charge in [0.15, 0.2) is 0 Å². The van der Waals surface area contributed by atoms with Crippen molar-refractivity contribution in [3.63, 3.8) is 0 Å². The van der Waals surface area contributed by atoms with Crippen molar-refractivity contribution in [2.75, 3.05) is 12.3 Å². The number of hydrogen-bond acceptors (Lipinski definition) is 2. The van der Waals surface area contributed by atoms with E-state index < -0.39 is 0 Å². The Kier molecular flexibility index (Phi) is 6.54. The number of hydrogen-bond donors (Lipinski definition) is 1. The largest absolute Gasteiger partial charge is 0.330 e. The number of rotatable bonds is 5. The minimum absolute atomic E-state index is 0.469. The molecule has 0 spiro atoms. The lowest BCUT2D eigenvalue weighted by atomic mass is 9.69. The van der Waals surface area contributed by atoms with Crippen molar-refractivity contribution >= 4 is 11.8 Å². The molecule has 0 aliphatic heterocycles. The molecule has 0 aromatic heterocycles. The fraction of sp³-hybridized carbons (Fsp3) is 1.00. The van der Waals surface area contributed by atoms with Crippen molar-refractivity contribution < 1.29 is 0 Å². The highest BCUT2D eigenvalue weighted by atomic mass is 32.2. The van der Waals surface area contributed by atoms with Gasteiger partial charge in [0, 0.05) is 5.25 Å². The van der Waals surface area contributed by atoms with E-state index in [0.29, 0.717) is 5.41 Å². The van der Waals surface area contributed by atoms with Gasteiger partial charge in [-0.2, -0.15) is 11.8 Å². The molecule has 1 fully saturated rings. The highest BCUT2D eigenvalue weighted by molar-refractivity contribution is 7.99. The summed E-state index contributed by atoms with van der Waals surface area (Å²) in [7, 11) is 0. The van der Waals surface area contributed by atoms with Gasteiger partial charge < -0.3 is 5.73 Å². The van der Waals surface area contributed by atoms with Crippen LogP contribution in [0, 0.1) is 23.2 Å². The highest BCUT2D eigenvalue weighted by Gasteiger charge is 2.35. The van der Waals surface area contributed by atoms with Crippen molar-refractivity contribution in [2.24, 2.45) is 28.9 Å². The summed E-state index contributed by atoms with van der Waals surface area (Å²) in [5, 5.41) is 0.812. The zero-order valence-electron chi connectivity index (χ0n) is 13.0. The summed E-state index contributed by atoms with van der Waals surface area (Å²) in [6.45, 7) is 12.7. The first-order chi connectivity index (χ1) is 8.34. The maximum atomic E-state index is 5.97. The van der Waals surface area contributed by atoms with Crippen LogP contribution < -0.4 is 5.73 Å². The zero-order valence-corrected chi connectivity index (χ0v) is 13.9. The molecular formula is C16H33NS. The second-order valence-corrected chi connectivity index (χ2v) is 8.81. The van der Waals surface area contributed by atoms with Gasteiger partial charge in [-0.15, -0.1) is 0 Å². The van der Waals surface area contributed by atoms with Gasteiger partial charge in [-0.05, 0) is 61.1 Å². The second kappa shape index (κ2) is 7.19. The zero-order chi connectivity index (χ0) is 13.8. The lowest BCUT2D eigenvalue weighted by Gasteiger charge is -2.41. The molecule has 0 aromatic rings. The molecule has 3 unspecified atom stereocenters. The molecule has 3 atom stereocenters. The van der Waals surface area contributed by atoms with Crippen molar-refractivity contribution in [2.45, 2.75) is 65.6 Å². The van der Waals surface area contributed by atoms with Gasteiger partial charge in [-0.3, -0.25) is 0 Å². The van der Waals surface area contributed by atoms with Gasteiger partial charge in [0.05, 0.1) is 0 Å². The first-order valence-electron chi connectivity index (χ1n) is 7.66. The van der Waals surface area contributed by atoms with E-state index in [1.165, 1.54) is 31.4 Å². The van der Waals surface area contributed by atoms with E-state index in [1.54, 1.807) is 0 Å². The molecule has 1 rings (SSSR count). The quantitative estimate of drug-likeness (QED) is 0.793. The van der Waals surface area contributed by atoms with E-state index in [9.17, 15) is 0 Å². The molecule has 0 amide bonds. The number of nitrogens with two attached hydrogens (primary N) is 1. The average Bonchev–Trinajstić information content (AvgIpc) is 2.27. The summed E-state index contributed by atoms with van der Waals surface area (Å²) in [6, 6.07) is 0. The Morgan fingerprint density at radius 2 is 1.89 bits per heavy atom. The Morgan fingerprint density at radius 3 is 2.39 bits per heavy atom. The molecule has 0 radical (unpaired) electrons. The molecule has 2 heteroatoms. The van der Waals surface area contributed by atoms with E-state index in [1.807, 2.05) is 0 Å². The first kappa shape index (κ1) is 16.4. The van der Waals surface area contributed by atoms with Crippen LogP contribution >= 0.6 is 11.8 Å². The average molecular weight is 272 g/mol. The van der Waals surface area contributed by atoms with Crippen LogP contribution in [0.15, 0.2) is 0 Å². The second-order valence-electron chi connectivity index (χ2n) is 7.46. The Bertz CT molecular complexity index is 232. The Labute approximate surface area is 119 Å². The molecule has 0 saturated heterocycles. The number of thioether (sulfide) groups is 1. The predicted molar refractivity (Wildman–Crippen MR) is 85.0 cm³/mol. The molecular weight excluding hydrogens is 238 g/mol. The van der Waals surface area contributed by atoms with Crippen LogP contribution in [-0.4, -0.2) is 17.5 Å². The molecule has 1 aliphatic rings. The van der Waals surface area contributed by atoms with Crippen molar-refractivity contribution in [1.29, 1.82) is 0 Å². The minimum Gasteiger partial charge on any atom is -0.330 e. The van der Waals surface area contributed by atoms with Crippen LogP contribution in [0.5, 0.6) is 0 Å². The molecule has 18 heavy (non-hydrogen) atoms. The minimum atomic E-state index is 0.469. The lowest BCUT2D eigenvalue weighted by Crippen LogP contribution is -2.37. The van der Waals surface area contributed by atoms with Gasteiger partial charge >= 0.3 is 0 Å². The van der Waals surface area contributed by atoms with Crippen LogP contribution in [0.2, 0.25) is 0 Å². The van der Waals surface area contributed by atoms with Crippen LogP contribution in [0.3, 0.4) is 0 Å². The summed E-state index contributed by atoms with van der Waals surface area (Å²) in [4.78, 5) is 0. The predicted octanol–water partition coefficient (Wildman–Crippen LogP) is 4.56. The van der Waals surface area contributed by atoms with Crippen molar-refractivity contribution in [3.05, 3.63) is 0 Å². The molecule has 108 valence electrons. The third-order valence-corrected chi connectivity index (χ3v) is 5.96. The first-order valence-corrected chi connectivity index (χ1v) is 8.71. The maximum Gasteiger partial charge on any atom is 0.00901 e. The Balaban J connectivity index is 2.49. The Morgan fingerprint density at radius 1 is 1.22 bits per heavy atom.